The van der Waals surface area contributed by atoms with Gasteiger partial charge in [0.2, 0.25) is 0 Å². The number of rotatable bonds is 6. The summed E-state index contributed by atoms with van der Waals surface area (Å²) in [6, 6.07) is 7.85. The first kappa shape index (κ1) is 14.1. The second-order valence-corrected chi connectivity index (χ2v) is 6.46. The molecule has 2 aromatic rings. The van der Waals surface area contributed by atoms with Crippen molar-refractivity contribution < 1.29 is 14.6 Å². The van der Waals surface area contributed by atoms with Gasteiger partial charge in [-0.15, -0.1) is 11.3 Å². The van der Waals surface area contributed by atoms with E-state index in [2.05, 4.69) is 4.98 Å². The number of thiazole rings is 1. The zero-order valence-corrected chi connectivity index (χ0v) is 12.7. The second kappa shape index (κ2) is 5.85. The Morgan fingerprint density at radius 2 is 2.10 bits per heavy atom. The highest BCUT2D eigenvalue weighted by atomic mass is 32.1. The maximum absolute atomic E-state index is 10.8. The van der Waals surface area contributed by atoms with Crippen molar-refractivity contribution in [3.8, 4) is 16.3 Å². The number of ether oxygens (including phenoxy) is 1. The van der Waals surface area contributed by atoms with Gasteiger partial charge in [0.15, 0.2) is 0 Å². The van der Waals surface area contributed by atoms with Gasteiger partial charge in [-0.25, -0.2) is 4.98 Å². The molecule has 1 aliphatic rings. The highest BCUT2D eigenvalue weighted by molar-refractivity contribution is 7.15. The van der Waals surface area contributed by atoms with E-state index in [0.29, 0.717) is 0 Å². The quantitative estimate of drug-likeness (QED) is 0.887. The molecule has 1 fully saturated rings. The second-order valence-electron chi connectivity index (χ2n) is 5.38. The summed E-state index contributed by atoms with van der Waals surface area (Å²) in [5, 5.41) is 9.74. The number of carboxylic acid groups (broad SMARTS) is 1. The fourth-order valence-corrected chi connectivity index (χ4v) is 3.10. The van der Waals surface area contributed by atoms with E-state index < -0.39 is 5.97 Å². The van der Waals surface area contributed by atoms with Crippen LogP contribution in [0.25, 0.3) is 10.6 Å². The zero-order chi connectivity index (χ0) is 14.8. The predicted octanol–water partition coefficient (Wildman–Crippen LogP) is 3.53. The number of aliphatic carboxylic acids is 1. The van der Waals surface area contributed by atoms with Crippen LogP contribution < -0.4 is 4.74 Å². The minimum Gasteiger partial charge on any atom is -0.493 e. The molecule has 21 heavy (non-hydrogen) atoms. The number of aryl methyl sites for hydroxylation is 1. The van der Waals surface area contributed by atoms with E-state index in [-0.39, 0.29) is 6.42 Å². The lowest BCUT2D eigenvalue weighted by Gasteiger charge is -2.05. The Hall–Kier alpha value is -1.88. The van der Waals surface area contributed by atoms with Crippen molar-refractivity contribution in [1.29, 1.82) is 0 Å². The van der Waals surface area contributed by atoms with E-state index in [1.54, 1.807) is 0 Å². The molecule has 0 radical (unpaired) electrons. The van der Waals surface area contributed by atoms with Crippen LogP contribution in [0.3, 0.4) is 0 Å². The van der Waals surface area contributed by atoms with E-state index in [1.807, 2.05) is 31.2 Å². The Balaban J connectivity index is 1.72. The van der Waals surface area contributed by atoms with Crippen molar-refractivity contribution in [3.05, 3.63) is 34.8 Å². The first-order valence-electron chi connectivity index (χ1n) is 7.03. The molecular weight excluding hydrogens is 286 g/mol. The van der Waals surface area contributed by atoms with Gasteiger partial charge in [-0.05, 0) is 49.9 Å². The van der Waals surface area contributed by atoms with Crippen LogP contribution in [0.5, 0.6) is 5.75 Å². The van der Waals surface area contributed by atoms with Gasteiger partial charge < -0.3 is 9.84 Å². The summed E-state index contributed by atoms with van der Waals surface area (Å²) >= 11 is 1.44. The molecule has 1 aromatic carbocycles. The van der Waals surface area contributed by atoms with Crippen LogP contribution >= 0.6 is 11.3 Å². The highest BCUT2D eigenvalue weighted by Crippen LogP contribution is 2.31. The molecule has 0 atom stereocenters. The van der Waals surface area contributed by atoms with Crippen molar-refractivity contribution >= 4 is 17.3 Å². The van der Waals surface area contributed by atoms with Gasteiger partial charge in [-0.3, -0.25) is 4.79 Å². The number of hydrogen-bond donors (Lipinski definition) is 1. The number of benzene rings is 1. The molecule has 1 saturated carbocycles. The summed E-state index contributed by atoms with van der Waals surface area (Å²) in [7, 11) is 0. The fraction of sp³-hybridized carbons (Fsp3) is 0.375. The third-order valence-corrected chi connectivity index (χ3v) is 4.69. The molecule has 0 bridgehead atoms. The van der Waals surface area contributed by atoms with Gasteiger partial charge in [-0.1, -0.05) is 0 Å². The number of carboxylic acids is 1. The molecule has 1 N–H and O–H groups in total. The monoisotopic (exact) mass is 303 g/mol. The molecule has 1 heterocycles. The standard InChI is InChI=1S/C16H17NO3S/c1-10-14(8-15(18)19)21-16(17-10)12-4-6-13(7-5-12)20-9-11-2-3-11/h4-7,11H,2-3,8-9H2,1H3,(H,18,19). The third kappa shape index (κ3) is 3.61. The Morgan fingerprint density at radius 1 is 1.38 bits per heavy atom. The van der Waals surface area contributed by atoms with Crippen LogP contribution in [0, 0.1) is 12.8 Å². The zero-order valence-electron chi connectivity index (χ0n) is 11.8. The van der Waals surface area contributed by atoms with E-state index in [9.17, 15) is 4.79 Å². The molecular formula is C16H17NO3S. The first-order valence-corrected chi connectivity index (χ1v) is 7.85. The van der Waals surface area contributed by atoms with Crippen molar-refractivity contribution in [1.82, 2.24) is 4.98 Å². The number of hydrogen-bond acceptors (Lipinski definition) is 4. The fourth-order valence-electron chi connectivity index (χ4n) is 2.05. The summed E-state index contributed by atoms with van der Waals surface area (Å²) in [6.07, 6.45) is 2.59. The van der Waals surface area contributed by atoms with E-state index in [1.165, 1.54) is 24.2 Å². The lowest BCUT2D eigenvalue weighted by molar-refractivity contribution is -0.136. The average molecular weight is 303 g/mol. The molecule has 1 aliphatic carbocycles. The summed E-state index contributed by atoms with van der Waals surface area (Å²) < 4.78 is 5.71. The van der Waals surface area contributed by atoms with E-state index >= 15 is 0 Å². The van der Waals surface area contributed by atoms with Crippen molar-refractivity contribution in [2.75, 3.05) is 6.61 Å². The molecule has 5 heteroatoms. The van der Waals surface area contributed by atoms with Crippen LogP contribution in [-0.2, 0) is 11.2 Å². The Morgan fingerprint density at radius 3 is 2.71 bits per heavy atom. The van der Waals surface area contributed by atoms with Crippen molar-refractivity contribution in [2.45, 2.75) is 26.2 Å². The summed E-state index contributed by atoms with van der Waals surface area (Å²) in [4.78, 5) is 16.1. The number of aromatic nitrogens is 1. The Bertz CT molecular complexity index is 644. The minimum absolute atomic E-state index is 0.0338. The summed E-state index contributed by atoms with van der Waals surface area (Å²) in [5.41, 5.74) is 1.80. The van der Waals surface area contributed by atoms with Gasteiger partial charge in [0.25, 0.3) is 0 Å². The SMILES string of the molecule is Cc1nc(-c2ccc(OCC3CC3)cc2)sc1CC(=O)O. The number of nitrogens with zero attached hydrogens (tertiary/aromatic N) is 1. The highest BCUT2D eigenvalue weighted by Gasteiger charge is 2.21. The van der Waals surface area contributed by atoms with Crippen molar-refractivity contribution in [3.63, 3.8) is 0 Å². The first-order chi connectivity index (χ1) is 10.1. The summed E-state index contributed by atoms with van der Waals surface area (Å²) in [5.74, 6) is 0.798. The lowest BCUT2D eigenvalue weighted by atomic mass is 10.2. The van der Waals surface area contributed by atoms with E-state index in [0.717, 1.165) is 39.4 Å². The maximum Gasteiger partial charge on any atom is 0.308 e. The average Bonchev–Trinajstić information content (AvgIpc) is 3.22. The Kier molecular flexibility index (Phi) is 3.92. The smallest absolute Gasteiger partial charge is 0.308 e. The molecule has 110 valence electrons. The van der Waals surface area contributed by atoms with Crippen LogP contribution in [-0.4, -0.2) is 22.7 Å². The van der Waals surface area contributed by atoms with Gasteiger partial charge >= 0.3 is 5.97 Å². The molecule has 0 saturated heterocycles. The number of carbonyl (C=O) groups is 1. The van der Waals surface area contributed by atoms with Crippen LogP contribution in [0.2, 0.25) is 0 Å². The van der Waals surface area contributed by atoms with Crippen molar-refractivity contribution in [2.24, 2.45) is 5.92 Å². The normalized spacial score (nSPS) is 14.1. The van der Waals surface area contributed by atoms with Crippen LogP contribution in [0.4, 0.5) is 0 Å². The van der Waals surface area contributed by atoms with Gasteiger partial charge in [0, 0.05) is 10.4 Å². The van der Waals surface area contributed by atoms with Gasteiger partial charge in [0.1, 0.15) is 10.8 Å². The topological polar surface area (TPSA) is 59.4 Å². The lowest BCUT2D eigenvalue weighted by Crippen LogP contribution is -1.99. The molecule has 1 aromatic heterocycles. The predicted molar refractivity (Wildman–Crippen MR) is 81.8 cm³/mol. The van der Waals surface area contributed by atoms with Gasteiger partial charge in [-0.2, -0.15) is 0 Å². The minimum atomic E-state index is -0.822. The third-order valence-electron chi connectivity index (χ3n) is 3.49. The van der Waals surface area contributed by atoms with Crippen LogP contribution in [0.15, 0.2) is 24.3 Å². The molecule has 0 spiro atoms. The molecule has 0 unspecified atom stereocenters. The van der Waals surface area contributed by atoms with Crippen LogP contribution in [0.1, 0.15) is 23.4 Å². The molecule has 4 nitrogen and oxygen atoms in total. The molecule has 3 rings (SSSR count). The maximum atomic E-state index is 10.8. The molecule has 0 amide bonds. The molecule has 0 aliphatic heterocycles. The van der Waals surface area contributed by atoms with E-state index in [4.69, 9.17) is 9.84 Å². The largest absolute Gasteiger partial charge is 0.493 e. The Labute approximate surface area is 127 Å². The van der Waals surface area contributed by atoms with Gasteiger partial charge in [0.05, 0.1) is 18.7 Å². The summed E-state index contributed by atoms with van der Waals surface area (Å²) in [6.45, 7) is 2.66.